The van der Waals surface area contributed by atoms with Crippen molar-refractivity contribution in [2.24, 2.45) is 17.2 Å². The van der Waals surface area contributed by atoms with Gasteiger partial charge in [0.05, 0.1) is 46.4 Å². The molecule has 138 heavy (non-hydrogen) atoms. The van der Waals surface area contributed by atoms with Crippen molar-refractivity contribution in [3.8, 4) is 17.2 Å². The summed E-state index contributed by atoms with van der Waals surface area (Å²) in [7, 11) is -13.6. The largest absolute Gasteiger partial charge is 0.490 e. The molecule has 3 heterocycles. The summed E-state index contributed by atoms with van der Waals surface area (Å²) in [6.45, 7) is 12.3. The Hall–Kier alpha value is -8.58. The van der Waals surface area contributed by atoms with Gasteiger partial charge in [0.2, 0.25) is 47.8 Å². The second kappa shape index (κ2) is 48.5. The maximum atomic E-state index is 15.9. The maximum absolute atomic E-state index is 15.9. The quantitative estimate of drug-likeness (QED) is 0.0254. The molecule has 12 rings (SSSR count). The number of hydrogen-bond donors (Lipinski definition) is 9. The number of hydrogen-bond acceptors (Lipinski definition) is 18. The molecule has 3 atom stereocenters. The van der Waals surface area contributed by atoms with E-state index in [1.165, 1.54) is 87.5 Å². The minimum atomic E-state index is -5.08. The third kappa shape index (κ3) is 32.0. The van der Waals surface area contributed by atoms with E-state index >= 15 is 26.3 Å². The summed E-state index contributed by atoms with van der Waals surface area (Å²) in [5.74, 6) is -21.0. The van der Waals surface area contributed by atoms with E-state index in [1.54, 1.807) is 54.6 Å². The number of amides is 3. The number of rotatable bonds is 24. The van der Waals surface area contributed by atoms with Crippen LogP contribution in [0, 0.1) is 0 Å². The number of aliphatic carboxylic acids is 3. The Bertz CT molecular complexity index is 5590. The van der Waals surface area contributed by atoms with Crippen LogP contribution in [0.3, 0.4) is 0 Å². The lowest BCUT2D eigenvalue weighted by Gasteiger charge is -2.35. The normalized spacial score (nSPS) is 15.3. The van der Waals surface area contributed by atoms with Crippen LogP contribution in [0.15, 0.2) is 205 Å². The van der Waals surface area contributed by atoms with Crippen LogP contribution >= 0.6 is 95.6 Å². The number of carbonyl (C=O) groups is 6. The summed E-state index contributed by atoms with van der Waals surface area (Å²) in [6.07, 6.45) is -12.8. The number of sulfonamides is 3. The third-order valence-electron chi connectivity index (χ3n) is 20.3. The number of ether oxygens (including phenoxy) is 3. The monoisotopic (exact) mass is 2400 g/mol. The molecule has 0 bridgehead atoms. The van der Waals surface area contributed by atoms with Crippen LogP contribution in [-0.4, -0.2) is 203 Å². The van der Waals surface area contributed by atoms with Gasteiger partial charge in [-0.05, 0) is 251 Å². The number of carboxylic acids is 3. The molecule has 3 amide bonds. The molecule has 0 saturated carbocycles. The average molecular weight is 2410 g/mol. The van der Waals surface area contributed by atoms with Crippen LogP contribution in [-0.2, 0) is 76.6 Å². The van der Waals surface area contributed by atoms with E-state index in [0.717, 1.165) is 36.4 Å². The molecule has 0 radical (unpaired) electrons. The van der Waals surface area contributed by atoms with E-state index in [4.69, 9.17) is 61.1 Å². The number of nitrogens with one attached hydrogen (secondary N) is 3. The number of piperidine rings is 3. The van der Waals surface area contributed by atoms with Crippen molar-refractivity contribution in [1.82, 2.24) is 28.9 Å². The van der Waals surface area contributed by atoms with Crippen LogP contribution in [0.4, 0.5) is 65.9 Å². The van der Waals surface area contributed by atoms with Gasteiger partial charge < -0.3 is 61.4 Å². The second-order valence-corrected chi connectivity index (χ2v) is 42.0. The van der Waals surface area contributed by atoms with Crippen molar-refractivity contribution < 1.29 is 149 Å². The van der Waals surface area contributed by atoms with E-state index in [2.05, 4.69) is 95.6 Å². The Balaban J connectivity index is 0.000000254. The first kappa shape index (κ1) is 116. The van der Waals surface area contributed by atoms with E-state index in [1.807, 2.05) is 55.7 Å². The van der Waals surface area contributed by atoms with Gasteiger partial charge in [0, 0.05) is 87.5 Å². The summed E-state index contributed by atoms with van der Waals surface area (Å²) < 4.78 is 299. The van der Waals surface area contributed by atoms with E-state index in [-0.39, 0.29) is 90.4 Å². The molecule has 756 valence electrons. The standard InChI is InChI=1S/3C27H29Br2F2N3O4S.3C2HF3O2/c3*1-16(2)38-23-10-3-17-15-21(8-9-22(17)24(23)29)39(36,37)33-25(26(35)34-13-11-20(32)12-14-34)27(30,31)18-4-6-19(28)7-5-18;3*3-2(4,5)1(6)7/h3*3-10,15-16,20,25,33H,11-14,32H2,1-2H3;3*(H,6,7)/t2*25-;;;;/m10..../s1. The minimum absolute atomic E-state index is 0.0693. The summed E-state index contributed by atoms with van der Waals surface area (Å²) in [6, 6.07) is 30.9. The molecule has 3 fully saturated rings. The van der Waals surface area contributed by atoms with Crippen molar-refractivity contribution in [2.75, 3.05) is 39.3 Å². The topological polar surface area (TPSA) is 417 Å². The predicted octanol–water partition coefficient (Wildman–Crippen LogP) is 18.5. The number of benzene rings is 9. The number of halogens is 21. The number of carbonyl (C=O) groups excluding carboxylic acids is 3. The van der Waals surface area contributed by atoms with Gasteiger partial charge in [-0.2, -0.15) is 80.0 Å². The number of likely N-dealkylation sites (tertiary alicyclic amines) is 3. The van der Waals surface area contributed by atoms with Crippen molar-refractivity contribution in [3.63, 3.8) is 0 Å². The molecular formula is C87H90Br6F15N9O18S3. The molecule has 3 aliphatic heterocycles. The lowest BCUT2D eigenvalue weighted by Crippen LogP contribution is -2.57. The van der Waals surface area contributed by atoms with Crippen molar-refractivity contribution >= 4 is 194 Å². The Labute approximate surface area is 832 Å². The predicted molar refractivity (Wildman–Crippen MR) is 501 cm³/mol. The molecule has 51 heteroatoms. The van der Waals surface area contributed by atoms with Crippen LogP contribution in [0.5, 0.6) is 17.2 Å². The van der Waals surface area contributed by atoms with Gasteiger partial charge in [-0.25, -0.2) is 39.6 Å². The summed E-state index contributed by atoms with van der Waals surface area (Å²) >= 11 is 20.1. The van der Waals surface area contributed by atoms with Crippen LogP contribution in [0.2, 0.25) is 0 Å². The molecular weight excluding hydrogens is 2320 g/mol. The van der Waals surface area contributed by atoms with Gasteiger partial charge in [0.25, 0.3) is 17.8 Å². The zero-order valence-corrected chi connectivity index (χ0v) is 84.9. The Kier molecular flexibility index (Phi) is 40.9. The summed E-state index contributed by atoms with van der Waals surface area (Å²) in [4.78, 5) is 70.0. The molecule has 0 aromatic heterocycles. The highest BCUT2D eigenvalue weighted by Gasteiger charge is 2.54. The number of alkyl halides is 15. The van der Waals surface area contributed by atoms with Crippen molar-refractivity contribution in [2.45, 2.75) is 186 Å². The highest BCUT2D eigenvalue weighted by atomic mass is 79.9. The fraction of sp³-hybridized carbons (Fsp3) is 0.379. The Morgan fingerprint density at radius 2 is 0.522 bits per heavy atom. The first-order chi connectivity index (χ1) is 63.7. The minimum Gasteiger partial charge on any atom is -0.490 e. The lowest BCUT2D eigenvalue weighted by atomic mass is 9.99. The van der Waals surface area contributed by atoms with Gasteiger partial charge in [0.1, 0.15) is 17.2 Å². The van der Waals surface area contributed by atoms with Gasteiger partial charge in [-0.1, -0.05) is 121 Å². The van der Waals surface area contributed by atoms with Gasteiger partial charge >= 0.3 is 36.4 Å². The summed E-state index contributed by atoms with van der Waals surface area (Å²) in [5.41, 5.74) is 16.3. The number of carboxylic acid groups (broad SMARTS) is 3. The first-order valence-corrected chi connectivity index (χ1v) is 50.1. The Morgan fingerprint density at radius 3 is 0.696 bits per heavy atom. The smallest absolute Gasteiger partial charge is 0.490 e. The summed E-state index contributed by atoms with van der Waals surface area (Å²) in [5, 5.41) is 25.1. The molecule has 3 aliphatic rings. The molecule has 3 saturated heterocycles. The molecule has 0 aliphatic carbocycles. The highest BCUT2D eigenvalue weighted by Crippen LogP contribution is 2.43. The fourth-order valence-electron chi connectivity index (χ4n) is 13.2. The molecule has 27 nitrogen and oxygen atoms in total. The van der Waals surface area contributed by atoms with Crippen molar-refractivity contribution in [1.29, 1.82) is 0 Å². The zero-order chi connectivity index (χ0) is 104. The van der Waals surface area contributed by atoms with Crippen molar-refractivity contribution in [3.05, 3.63) is 207 Å². The number of nitrogens with two attached hydrogens (primary N) is 3. The highest BCUT2D eigenvalue weighted by molar-refractivity contribution is 9.11. The van der Waals surface area contributed by atoms with E-state index in [9.17, 15) is 79.2 Å². The van der Waals surface area contributed by atoms with Gasteiger partial charge in [0.15, 0.2) is 18.1 Å². The first-order valence-electron chi connectivity index (χ1n) is 40.9. The number of nitrogens with zero attached hydrogens (tertiary/aromatic N) is 3. The molecule has 9 aromatic rings. The number of fused-ring (bicyclic) bond motifs is 3. The third-order valence-corrected chi connectivity index (χ3v) is 28.6. The Morgan fingerprint density at radius 1 is 0.333 bits per heavy atom. The lowest BCUT2D eigenvalue weighted by molar-refractivity contribution is -0.193. The molecule has 9 aromatic carbocycles. The van der Waals surface area contributed by atoms with E-state index in [0.29, 0.717) is 115 Å². The second-order valence-electron chi connectivity index (χ2n) is 31.7. The van der Waals surface area contributed by atoms with E-state index < -0.39 is 137 Å². The average Bonchev–Trinajstić information content (AvgIpc) is 0.766. The van der Waals surface area contributed by atoms with Crippen LogP contribution in [0.1, 0.15) is 96.8 Å². The molecule has 1 unspecified atom stereocenters. The van der Waals surface area contributed by atoms with Crippen LogP contribution < -0.4 is 45.6 Å². The fourth-order valence-corrected chi connectivity index (χ4v) is 19.4. The zero-order valence-electron chi connectivity index (χ0n) is 73.0. The SMILES string of the molecule is CC(C)Oc1ccc2cc(S(=O)(=O)NC(C(=O)N3CCC(N)CC3)C(F)(F)c3ccc(Br)cc3)ccc2c1Br.CC(C)Oc1ccc2cc(S(=O)(=O)N[C@@H](C(=O)N3CCC(N)CC3)C(F)(F)c3ccc(Br)cc3)ccc2c1Br.CC(C)Oc1ccc2cc(S(=O)(=O)N[C@H](C(=O)N3CCC(N)CC3)C(F)(F)c3ccc(Br)cc3)ccc2c1Br.O=C(O)C(F)(F)F.O=C(O)C(F)(F)F.O=C(O)C(F)(F)F. The maximum Gasteiger partial charge on any atom is 0.490 e. The molecule has 12 N–H and O–H groups in total. The van der Waals surface area contributed by atoms with Crippen LogP contribution in [0.25, 0.3) is 32.3 Å². The molecule has 0 spiro atoms. The van der Waals surface area contributed by atoms with Gasteiger partial charge in [-0.15, -0.1) is 0 Å². The van der Waals surface area contributed by atoms with Gasteiger partial charge in [-0.3, -0.25) is 14.4 Å².